The third kappa shape index (κ3) is 4.77. The van der Waals surface area contributed by atoms with Crippen molar-refractivity contribution >= 4 is 64.7 Å². The van der Waals surface area contributed by atoms with Gasteiger partial charge in [-0.2, -0.15) is 0 Å². The lowest BCUT2D eigenvalue weighted by molar-refractivity contribution is 1.33. The standard InChI is InChI=1S/C40H30N2S2/c1-24-4-10-27(11-5-24)38-31-17-16-30(41-31)34-20-21-35(43-34)39(28-12-6-25(2)7-13-28)32-18-19-33(42-32)40(37-23-22-36(38)44-37)29-14-8-26(3)9-15-29/h4-23,41H,1-3H3. The summed E-state index contributed by atoms with van der Waals surface area (Å²) in [6.07, 6.45) is 4.38. The molecule has 0 saturated carbocycles. The second-order valence-electron chi connectivity index (χ2n) is 11.6. The molecule has 0 saturated heterocycles. The number of benzene rings is 3. The minimum absolute atomic E-state index is 0.993. The van der Waals surface area contributed by atoms with Crippen LogP contribution in [0.3, 0.4) is 0 Å². The highest BCUT2D eigenvalue weighted by atomic mass is 32.1. The van der Waals surface area contributed by atoms with E-state index in [1.165, 1.54) is 57.7 Å². The van der Waals surface area contributed by atoms with Crippen LogP contribution in [0, 0.1) is 20.8 Å². The van der Waals surface area contributed by atoms with E-state index in [1.807, 2.05) is 22.7 Å². The van der Waals surface area contributed by atoms with Crippen LogP contribution in [0.25, 0.3) is 75.4 Å². The van der Waals surface area contributed by atoms with Crippen molar-refractivity contribution in [3.05, 3.63) is 137 Å². The van der Waals surface area contributed by atoms with Gasteiger partial charge in [-0.1, -0.05) is 89.5 Å². The van der Waals surface area contributed by atoms with Gasteiger partial charge < -0.3 is 4.98 Å². The number of hydrogen-bond acceptors (Lipinski definition) is 3. The topological polar surface area (TPSA) is 28.7 Å². The summed E-state index contributed by atoms with van der Waals surface area (Å²) in [5.74, 6) is 0. The molecule has 0 aliphatic carbocycles. The quantitative estimate of drug-likeness (QED) is 0.214. The van der Waals surface area contributed by atoms with Crippen LogP contribution >= 0.6 is 22.7 Å². The van der Waals surface area contributed by atoms with Crippen molar-refractivity contribution < 1.29 is 0 Å². The maximum absolute atomic E-state index is 5.37. The van der Waals surface area contributed by atoms with E-state index in [0.717, 1.165) is 33.5 Å². The average Bonchev–Trinajstić information content (AvgIpc) is 3.85. The molecule has 0 atom stereocenters. The predicted molar refractivity (Wildman–Crippen MR) is 193 cm³/mol. The SMILES string of the molecule is Cc1ccc(-c2c3nc(c(-c4ccc(C)cc4)c4ccc(s4)c4ccc([nH]4)c(-c4ccc(C)cc4)c4ccc2s4)C=C3)cc1. The molecular weight excluding hydrogens is 573 g/mol. The van der Waals surface area contributed by atoms with E-state index in [1.54, 1.807) is 0 Å². The number of nitrogens with one attached hydrogen (secondary N) is 1. The van der Waals surface area contributed by atoms with Gasteiger partial charge in [0.2, 0.25) is 0 Å². The van der Waals surface area contributed by atoms with Crippen LogP contribution in [-0.2, 0) is 0 Å². The summed E-state index contributed by atoms with van der Waals surface area (Å²) < 4.78 is 4.84. The normalized spacial score (nSPS) is 11.9. The van der Waals surface area contributed by atoms with Gasteiger partial charge >= 0.3 is 0 Å². The minimum atomic E-state index is 0.993. The highest BCUT2D eigenvalue weighted by Crippen LogP contribution is 2.41. The van der Waals surface area contributed by atoms with Gasteiger partial charge in [-0.3, -0.25) is 0 Å². The van der Waals surface area contributed by atoms with Crippen LogP contribution in [0.2, 0.25) is 0 Å². The number of aromatic amines is 1. The summed E-state index contributed by atoms with van der Waals surface area (Å²) in [5.41, 5.74) is 15.1. The fourth-order valence-corrected chi connectivity index (χ4v) is 8.20. The van der Waals surface area contributed by atoms with E-state index in [9.17, 15) is 0 Å². The van der Waals surface area contributed by atoms with E-state index < -0.39 is 0 Å². The van der Waals surface area contributed by atoms with E-state index in [0.29, 0.717) is 0 Å². The Morgan fingerprint density at radius 3 is 1.30 bits per heavy atom. The Morgan fingerprint density at radius 2 is 0.795 bits per heavy atom. The second-order valence-corrected chi connectivity index (χ2v) is 13.7. The van der Waals surface area contributed by atoms with Gasteiger partial charge in [-0.05, 0) is 86.0 Å². The predicted octanol–water partition coefficient (Wildman–Crippen LogP) is 12.1. The maximum atomic E-state index is 5.37. The number of hydrogen-bond donors (Lipinski definition) is 1. The van der Waals surface area contributed by atoms with Crippen LogP contribution in [0.5, 0.6) is 0 Å². The van der Waals surface area contributed by atoms with Crippen molar-refractivity contribution in [2.24, 2.45) is 0 Å². The lowest BCUT2D eigenvalue weighted by Crippen LogP contribution is -1.86. The number of nitrogens with zero attached hydrogens (tertiary/aromatic N) is 1. The first-order valence-electron chi connectivity index (χ1n) is 14.9. The Balaban J connectivity index is 1.55. The molecule has 0 unspecified atom stereocenters. The number of fused-ring (bicyclic) bond motifs is 9. The highest BCUT2D eigenvalue weighted by molar-refractivity contribution is 7.25. The van der Waals surface area contributed by atoms with Crippen molar-refractivity contribution in [3.8, 4) is 33.4 Å². The van der Waals surface area contributed by atoms with Crippen LogP contribution < -0.4 is 0 Å². The molecular formula is C40H30N2S2. The fraction of sp³-hybridized carbons (Fsp3) is 0.0750. The molecule has 3 aromatic carbocycles. The fourth-order valence-electron chi connectivity index (χ4n) is 5.97. The van der Waals surface area contributed by atoms with E-state index in [2.05, 4.69) is 147 Å². The van der Waals surface area contributed by atoms with Crippen LogP contribution in [-0.4, -0.2) is 9.97 Å². The molecule has 5 heterocycles. The molecule has 44 heavy (non-hydrogen) atoms. The zero-order chi connectivity index (χ0) is 29.8. The first-order chi connectivity index (χ1) is 21.5. The van der Waals surface area contributed by atoms with Gasteiger partial charge in [-0.15, -0.1) is 22.7 Å². The first kappa shape index (κ1) is 26.8. The summed E-state index contributed by atoms with van der Waals surface area (Å²) in [6, 6.07) is 40.0. The lowest BCUT2D eigenvalue weighted by atomic mass is 10.0. The second kappa shape index (κ2) is 10.7. The molecule has 212 valence electrons. The molecule has 0 spiro atoms. The van der Waals surface area contributed by atoms with Crippen LogP contribution in [0.15, 0.2) is 109 Å². The molecule has 8 rings (SSSR count). The van der Waals surface area contributed by atoms with E-state index in [4.69, 9.17) is 4.98 Å². The summed E-state index contributed by atoms with van der Waals surface area (Å²) >= 11 is 3.64. The molecule has 0 radical (unpaired) electrons. The highest BCUT2D eigenvalue weighted by Gasteiger charge is 2.16. The molecule has 0 fully saturated rings. The van der Waals surface area contributed by atoms with Gasteiger partial charge in [0.25, 0.3) is 0 Å². The minimum Gasteiger partial charge on any atom is -0.354 e. The molecule has 1 N–H and O–H groups in total. The third-order valence-corrected chi connectivity index (χ3v) is 10.6. The Bertz CT molecular complexity index is 2330. The molecule has 4 heteroatoms. The molecule has 2 nitrogen and oxygen atoms in total. The Kier molecular flexibility index (Phi) is 6.55. The maximum Gasteiger partial charge on any atom is 0.0730 e. The van der Waals surface area contributed by atoms with Gasteiger partial charge in [0.05, 0.1) is 21.6 Å². The molecule has 1 aliphatic rings. The van der Waals surface area contributed by atoms with Gasteiger partial charge in [0, 0.05) is 36.3 Å². The number of rotatable bonds is 3. The monoisotopic (exact) mass is 602 g/mol. The zero-order valence-corrected chi connectivity index (χ0v) is 26.4. The number of thiophene rings is 2. The number of H-pyrrole nitrogens is 1. The molecule has 8 bridgehead atoms. The van der Waals surface area contributed by atoms with Crippen LogP contribution in [0.4, 0.5) is 0 Å². The van der Waals surface area contributed by atoms with Crippen molar-refractivity contribution in [1.82, 2.24) is 9.97 Å². The summed E-state index contributed by atoms with van der Waals surface area (Å²) in [7, 11) is 0. The lowest BCUT2D eigenvalue weighted by Gasteiger charge is -2.06. The Morgan fingerprint density at radius 1 is 0.409 bits per heavy atom. The van der Waals surface area contributed by atoms with Crippen molar-refractivity contribution in [1.29, 1.82) is 0 Å². The molecule has 7 aromatic rings. The molecule has 4 aromatic heterocycles. The van der Waals surface area contributed by atoms with E-state index >= 15 is 0 Å². The molecule has 1 aliphatic heterocycles. The van der Waals surface area contributed by atoms with Gasteiger partial charge in [-0.25, -0.2) is 4.98 Å². The largest absolute Gasteiger partial charge is 0.354 e. The summed E-state index contributed by atoms with van der Waals surface area (Å²) in [6.45, 7) is 6.41. The molecule has 0 amide bonds. The zero-order valence-electron chi connectivity index (χ0n) is 24.8. The van der Waals surface area contributed by atoms with Gasteiger partial charge in [0.1, 0.15) is 0 Å². The third-order valence-electron chi connectivity index (χ3n) is 8.34. The smallest absolute Gasteiger partial charge is 0.0730 e. The first-order valence-corrected chi connectivity index (χ1v) is 16.5. The van der Waals surface area contributed by atoms with Crippen LogP contribution in [0.1, 0.15) is 28.1 Å². The van der Waals surface area contributed by atoms with Crippen molar-refractivity contribution in [2.45, 2.75) is 20.8 Å². The average molecular weight is 603 g/mol. The van der Waals surface area contributed by atoms with E-state index in [-0.39, 0.29) is 0 Å². The number of aryl methyl sites for hydroxylation is 3. The number of aromatic nitrogens is 2. The van der Waals surface area contributed by atoms with Crippen molar-refractivity contribution in [3.63, 3.8) is 0 Å². The summed E-state index contributed by atoms with van der Waals surface area (Å²) in [4.78, 5) is 9.17. The Labute approximate surface area is 265 Å². The van der Waals surface area contributed by atoms with Gasteiger partial charge in [0.15, 0.2) is 0 Å². The summed E-state index contributed by atoms with van der Waals surface area (Å²) in [5, 5.41) is 0. The van der Waals surface area contributed by atoms with Crippen molar-refractivity contribution in [2.75, 3.05) is 0 Å². The Hall–Kier alpha value is -4.77.